The molecule has 3 atom stereocenters. The quantitative estimate of drug-likeness (QED) is 0.630. The van der Waals surface area contributed by atoms with Crippen LogP contribution >= 0.6 is 0 Å². The van der Waals surface area contributed by atoms with Crippen LogP contribution in [0.5, 0.6) is 0 Å². The zero-order chi connectivity index (χ0) is 19.5. The van der Waals surface area contributed by atoms with E-state index in [1.165, 1.54) is 6.42 Å². The van der Waals surface area contributed by atoms with E-state index in [2.05, 4.69) is 16.0 Å². The number of amides is 4. The molecule has 5 rings (SSSR count). The van der Waals surface area contributed by atoms with E-state index in [1.807, 2.05) is 6.07 Å². The molecule has 4 aliphatic rings. The van der Waals surface area contributed by atoms with Gasteiger partial charge in [0.05, 0.1) is 11.1 Å². The maximum atomic E-state index is 13.1. The summed E-state index contributed by atoms with van der Waals surface area (Å²) in [5.41, 5.74) is 1.57. The first-order chi connectivity index (χ1) is 13.5. The molecular formula is C20H22N4O4. The number of nitrogens with zero attached hydrogens (tertiary/aromatic N) is 1. The van der Waals surface area contributed by atoms with Crippen molar-refractivity contribution in [3.63, 3.8) is 0 Å². The molecule has 146 valence electrons. The molecule has 28 heavy (non-hydrogen) atoms. The van der Waals surface area contributed by atoms with Crippen molar-refractivity contribution in [1.29, 1.82) is 0 Å². The molecular weight excluding hydrogens is 360 g/mol. The van der Waals surface area contributed by atoms with E-state index >= 15 is 0 Å². The van der Waals surface area contributed by atoms with Gasteiger partial charge in [0.25, 0.3) is 11.8 Å². The number of benzene rings is 1. The number of carbonyl (C=O) groups is 4. The number of imide groups is 2. The van der Waals surface area contributed by atoms with Crippen LogP contribution < -0.4 is 16.0 Å². The first-order valence-electron chi connectivity index (χ1n) is 9.79. The normalized spacial score (nSPS) is 31.5. The fourth-order valence-electron chi connectivity index (χ4n) is 5.00. The van der Waals surface area contributed by atoms with Crippen molar-refractivity contribution in [2.24, 2.45) is 5.92 Å². The lowest BCUT2D eigenvalue weighted by atomic mass is 9.69. The highest BCUT2D eigenvalue weighted by molar-refractivity contribution is 6.24. The van der Waals surface area contributed by atoms with Gasteiger partial charge in [-0.25, -0.2) is 0 Å². The highest BCUT2D eigenvalue weighted by Crippen LogP contribution is 2.41. The smallest absolute Gasteiger partial charge is 0.262 e. The van der Waals surface area contributed by atoms with Crippen molar-refractivity contribution in [3.8, 4) is 0 Å². The van der Waals surface area contributed by atoms with Crippen LogP contribution in [0.1, 0.15) is 52.0 Å². The van der Waals surface area contributed by atoms with Gasteiger partial charge in [-0.05, 0) is 43.4 Å². The summed E-state index contributed by atoms with van der Waals surface area (Å²) in [6.07, 6.45) is 2.60. The minimum atomic E-state index is -0.931. The maximum absolute atomic E-state index is 13.1. The monoisotopic (exact) mass is 382 g/mol. The van der Waals surface area contributed by atoms with E-state index < -0.39 is 23.8 Å². The van der Waals surface area contributed by atoms with E-state index in [1.54, 1.807) is 12.1 Å². The molecule has 8 nitrogen and oxygen atoms in total. The first-order valence-corrected chi connectivity index (χ1v) is 9.79. The Balaban J connectivity index is 1.40. The summed E-state index contributed by atoms with van der Waals surface area (Å²) in [6, 6.07) is 4.33. The second-order valence-corrected chi connectivity index (χ2v) is 8.16. The fraction of sp³-hybridized carbons (Fsp3) is 0.500. The highest BCUT2D eigenvalue weighted by Gasteiger charge is 2.50. The second-order valence-electron chi connectivity index (χ2n) is 8.16. The minimum absolute atomic E-state index is 0.0810. The Kier molecular flexibility index (Phi) is 3.89. The van der Waals surface area contributed by atoms with Gasteiger partial charge in [0.2, 0.25) is 11.8 Å². The number of hydrogen-bond acceptors (Lipinski definition) is 6. The van der Waals surface area contributed by atoms with Crippen molar-refractivity contribution in [2.75, 3.05) is 13.1 Å². The predicted octanol–water partition coefficient (Wildman–Crippen LogP) is -0.0706. The third kappa shape index (κ3) is 2.44. The van der Waals surface area contributed by atoms with Crippen molar-refractivity contribution in [1.82, 2.24) is 20.9 Å². The third-order valence-electron chi connectivity index (χ3n) is 6.74. The van der Waals surface area contributed by atoms with Crippen LogP contribution in [-0.2, 0) is 16.1 Å². The number of piperidine rings is 1. The minimum Gasteiger partial charge on any atom is -0.315 e. The summed E-state index contributed by atoms with van der Waals surface area (Å²) in [6.45, 7) is 2.44. The van der Waals surface area contributed by atoms with Gasteiger partial charge in [-0.1, -0.05) is 12.1 Å². The fourth-order valence-corrected chi connectivity index (χ4v) is 5.00. The number of nitrogens with one attached hydrogen (secondary N) is 3. The van der Waals surface area contributed by atoms with Gasteiger partial charge < -0.3 is 10.6 Å². The lowest BCUT2D eigenvalue weighted by Crippen LogP contribution is -2.57. The largest absolute Gasteiger partial charge is 0.315 e. The summed E-state index contributed by atoms with van der Waals surface area (Å²) in [5.74, 6) is -1.25. The SMILES string of the molecule is O=C1CCC(N2C(=O)c3cccc(CN[C@]45CC[C@H]4CNC5)c3C2=O)C(=O)N1. The second kappa shape index (κ2) is 6.22. The Labute approximate surface area is 162 Å². The average Bonchev–Trinajstić information content (AvgIpc) is 3.08. The van der Waals surface area contributed by atoms with Crippen LogP contribution in [0.3, 0.4) is 0 Å². The molecule has 1 unspecified atom stereocenters. The molecule has 0 aromatic heterocycles. The molecule has 1 aromatic rings. The zero-order valence-electron chi connectivity index (χ0n) is 15.4. The number of rotatable bonds is 4. The van der Waals surface area contributed by atoms with E-state index in [0.29, 0.717) is 23.6 Å². The molecule has 3 fully saturated rings. The zero-order valence-corrected chi connectivity index (χ0v) is 15.4. The summed E-state index contributed by atoms with van der Waals surface area (Å²) < 4.78 is 0. The van der Waals surface area contributed by atoms with Gasteiger partial charge in [-0.2, -0.15) is 0 Å². The Morgan fingerprint density at radius 1 is 1.14 bits per heavy atom. The topological polar surface area (TPSA) is 108 Å². The molecule has 3 N–H and O–H groups in total. The van der Waals surface area contributed by atoms with Gasteiger partial charge >= 0.3 is 0 Å². The van der Waals surface area contributed by atoms with E-state index in [-0.39, 0.29) is 24.3 Å². The van der Waals surface area contributed by atoms with Crippen molar-refractivity contribution in [3.05, 3.63) is 34.9 Å². The van der Waals surface area contributed by atoms with Gasteiger partial charge in [-0.15, -0.1) is 0 Å². The number of carbonyl (C=O) groups excluding carboxylic acids is 4. The van der Waals surface area contributed by atoms with Crippen molar-refractivity contribution in [2.45, 2.75) is 43.8 Å². The molecule has 3 heterocycles. The van der Waals surface area contributed by atoms with Crippen LogP contribution in [0, 0.1) is 5.92 Å². The van der Waals surface area contributed by atoms with Gasteiger partial charge in [0.1, 0.15) is 6.04 Å². The van der Waals surface area contributed by atoms with Crippen LogP contribution in [0.4, 0.5) is 0 Å². The maximum Gasteiger partial charge on any atom is 0.262 e. The molecule has 2 saturated heterocycles. The first kappa shape index (κ1) is 17.5. The Morgan fingerprint density at radius 2 is 2.00 bits per heavy atom. The summed E-state index contributed by atoms with van der Waals surface area (Å²) in [4.78, 5) is 50.6. The number of fused-ring (bicyclic) bond motifs is 2. The Morgan fingerprint density at radius 3 is 2.71 bits per heavy atom. The van der Waals surface area contributed by atoms with E-state index in [4.69, 9.17) is 0 Å². The van der Waals surface area contributed by atoms with Gasteiger partial charge in [0.15, 0.2) is 0 Å². The molecule has 1 aliphatic carbocycles. The van der Waals surface area contributed by atoms with E-state index in [9.17, 15) is 19.2 Å². The molecule has 3 aliphatic heterocycles. The molecule has 4 amide bonds. The lowest BCUT2D eigenvalue weighted by Gasteiger charge is -2.45. The van der Waals surface area contributed by atoms with Crippen LogP contribution in [-0.4, -0.2) is 53.2 Å². The van der Waals surface area contributed by atoms with Crippen LogP contribution in [0.2, 0.25) is 0 Å². The molecule has 1 aromatic carbocycles. The predicted molar refractivity (Wildman–Crippen MR) is 98.3 cm³/mol. The molecule has 0 spiro atoms. The van der Waals surface area contributed by atoms with E-state index in [0.717, 1.165) is 30.0 Å². The van der Waals surface area contributed by atoms with Crippen LogP contribution in [0.25, 0.3) is 0 Å². The van der Waals surface area contributed by atoms with Gasteiger partial charge in [-0.3, -0.25) is 29.4 Å². The van der Waals surface area contributed by atoms with Crippen molar-refractivity contribution >= 4 is 23.6 Å². The lowest BCUT2D eigenvalue weighted by molar-refractivity contribution is -0.136. The summed E-state index contributed by atoms with van der Waals surface area (Å²) >= 11 is 0. The molecule has 8 heteroatoms. The number of hydrogen-bond donors (Lipinski definition) is 3. The molecule has 0 bridgehead atoms. The summed E-state index contributed by atoms with van der Waals surface area (Å²) in [7, 11) is 0. The average molecular weight is 382 g/mol. The Bertz CT molecular complexity index is 913. The standard InChI is InChI=1S/C20H22N4O4/c25-15-5-4-14(17(26)23-15)24-18(27)13-3-1-2-11(16(13)19(24)28)8-22-20-7-6-12(20)9-21-10-20/h1-3,12,14,21-22H,4-10H2,(H,23,25,26)/t12-,14?,20-/m0/s1. The molecule has 1 saturated carbocycles. The van der Waals surface area contributed by atoms with Gasteiger partial charge in [0, 0.05) is 25.0 Å². The highest BCUT2D eigenvalue weighted by atomic mass is 16.2. The van der Waals surface area contributed by atoms with Crippen molar-refractivity contribution < 1.29 is 19.2 Å². The summed E-state index contributed by atoms with van der Waals surface area (Å²) in [5, 5.41) is 9.27. The third-order valence-corrected chi connectivity index (χ3v) is 6.74. The molecule has 0 radical (unpaired) electrons. The Hall–Kier alpha value is -2.58. The van der Waals surface area contributed by atoms with Crippen LogP contribution in [0.15, 0.2) is 18.2 Å².